The van der Waals surface area contributed by atoms with Gasteiger partial charge < -0.3 is 9.88 Å². The van der Waals surface area contributed by atoms with Crippen LogP contribution in [0.4, 0.5) is 0 Å². The number of aromatic nitrogens is 2. The van der Waals surface area contributed by atoms with Crippen LogP contribution >= 0.6 is 0 Å². The Bertz CT molecular complexity index is 475. The molecule has 0 bridgehead atoms. The Balaban J connectivity index is 1.90. The van der Waals surface area contributed by atoms with Gasteiger partial charge in [-0.25, -0.2) is 4.98 Å². The summed E-state index contributed by atoms with van der Waals surface area (Å²) in [5.41, 5.74) is 1.37. The second-order valence-electron chi connectivity index (χ2n) is 4.84. The van der Waals surface area contributed by atoms with E-state index in [4.69, 9.17) is 0 Å². The Morgan fingerprint density at radius 2 is 1.94 bits per heavy atom. The highest BCUT2D eigenvalue weighted by Gasteiger charge is 2.11. The number of aryl methyl sites for hydroxylation is 1. The van der Waals surface area contributed by atoms with Crippen molar-refractivity contribution in [3.63, 3.8) is 0 Å². The maximum atomic E-state index is 4.37. The fraction of sp³-hybridized carbons (Fsp3) is 0.400. The molecule has 2 atom stereocenters. The van der Waals surface area contributed by atoms with Gasteiger partial charge in [0, 0.05) is 26.0 Å². The highest BCUT2D eigenvalue weighted by Crippen LogP contribution is 2.15. The fourth-order valence-corrected chi connectivity index (χ4v) is 2.14. The average Bonchev–Trinajstić information content (AvgIpc) is 2.83. The summed E-state index contributed by atoms with van der Waals surface area (Å²) in [7, 11) is 2.03. The van der Waals surface area contributed by atoms with Crippen LogP contribution < -0.4 is 5.32 Å². The third kappa shape index (κ3) is 2.99. The Morgan fingerprint density at radius 1 is 1.22 bits per heavy atom. The summed E-state index contributed by atoms with van der Waals surface area (Å²) in [6, 6.07) is 10.9. The molecular weight excluding hydrogens is 222 g/mol. The number of hydrogen-bond donors (Lipinski definition) is 1. The predicted molar refractivity (Wildman–Crippen MR) is 74.5 cm³/mol. The molecule has 3 heteroatoms. The van der Waals surface area contributed by atoms with Gasteiger partial charge in [0.1, 0.15) is 5.82 Å². The summed E-state index contributed by atoms with van der Waals surface area (Å²) in [5, 5.41) is 3.54. The van der Waals surface area contributed by atoms with E-state index in [1.165, 1.54) is 5.56 Å². The largest absolute Gasteiger partial charge is 0.337 e. The summed E-state index contributed by atoms with van der Waals surface area (Å²) >= 11 is 0. The standard InChI is InChI=1S/C15H21N3/c1-12(14-7-5-4-6-8-14)11-17-13(2)15-16-9-10-18(15)3/h4-10,12-13,17H,11H2,1-3H3. The Hall–Kier alpha value is -1.61. The number of benzene rings is 1. The van der Waals surface area contributed by atoms with Crippen molar-refractivity contribution in [3.8, 4) is 0 Å². The molecule has 0 amide bonds. The van der Waals surface area contributed by atoms with Gasteiger partial charge in [-0.1, -0.05) is 37.3 Å². The van der Waals surface area contributed by atoms with Gasteiger partial charge in [0.15, 0.2) is 0 Å². The molecule has 0 aliphatic heterocycles. The molecule has 0 aliphatic carbocycles. The van der Waals surface area contributed by atoms with E-state index >= 15 is 0 Å². The van der Waals surface area contributed by atoms with E-state index in [1.54, 1.807) is 0 Å². The van der Waals surface area contributed by atoms with Gasteiger partial charge in [-0.05, 0) is 18.4 Å². The first-order valence-corrected chi connectivity index (χ1v) is 6.44. The molecule has 3 nitrogen and oxygen atoms in total. The Labute approximate surface area is 109 Å². The van der Waals surface area contributed by atoms with Gasteiger partial charge in [-0.2, -0.15) is 0 Å². The number of nitrogens with zero attached hydrogens (tertiary/aromatic N) is 2. The first-order valence-electron chi connectivity index (χ1n) is 6.44. The molecule has 0 aliphatic rings. The van der Waals surface area contributed by atoms with E-state index in [-0.39, 0.29) is 6.04 Å². The minimum atomic E-state index is 0.274. The normalized spacial score (nSPS) is 14.4. The number of nitrogens with one attached hydrogen (secondary N) is 1. The van der Waals surface area contributed by atoms with Gasteiger partial charge in [0.05, 0.1) is 6.04 Å². The lowest BCUT2D eigenvalue weighted by molar-refractivity contribution is 0.505. The maximum absolute atomic E-state index is 4.37. The summed E-state index contributed by atoms with van der Waals surface area (Å²) < 4.78 is 2.06. The van der Waals surface area contributed by atoms with Crippen LogP contribution in [0, 0.1) is 0 Å². The molecule has 96 valence electrons. The lowest BCUT2D eigenvalue weighted by atomic mass is 10.0. The Kier molecular flexibility index (Phi) is 4.15. The minimum Gasteiger partial charge on any atom is -0.337 e. The van der Waals surface area contributed by atoms with Gasteiger partial charge in [-0.3, -0.25) is 0 Å². The van der Waals surface area contributed by atoms with Gasteiger partial charge >= 0.3 is 0 Å². The first-order chi connectivity index (χ1) is 8.68. The van der Waals surface area contributed by atoms with Crippen LogP contribution in [0.2, 0.25) is 0 Å². The van der Waals surface area contributed by atoms with Crippen molar-refractivity contribution in [1.29, 1.82) is 0 Å². The van der Waals surface area contributed by atoms with Crippen molar-refractivity contribution < 1.29 is 0 Å². The average molecular weight is 243 g/mol. The molecule has 1 N–H and O–H groups in total. The van der Waals surface area contributed by atoms with Crippen molar-refractivity contribution in [1.82, 2.24) is 14.9 Å². The lowest BCUT2D eigenvalue weighted by Gasteiger charge is -2.18. The molecule has 2 rings (SSSR count). The van der Waals surface area contributed by atoms with Crippen molar-refractivity contribution in [3.05, 3.63) is 54.1 Å². The summed E-state index contributed by atoms with van der Waals surface area (Å²) in [5.74, 6) is 1.59. The molecule has 0 saturated carbocycles. The minimum absolute atomic E-state index is 0.274. The number of rotatable bonds is 5. The molecule has 1 aromatic carbocycles. The molecule has 18 heavy (non-hydrogen) atoms. The lowest BCUT2D eigenvalue weighted by Crippen LogP contribution is -2.25. The van der Waals surface area contributed by atoms with Gasteiger partial charge in [0.25, 0.3) is 0 Å². The molecule has 1 aromatic heterocycles. The van der Waals surface area contributed by atoms with Crippen molar-refractivity contribution in [2.24, 2.45) is 7.05 Å². The number of imidazole rings is 1. The van der Waals surface area contributed by atoms with E-state index < -0.39 is 0 Å². The molecular formula is C15H21N3. The molecule has 0 spiro atoms. The summed E-state index contributed by atoms with van der Waals surface area (Å²) in [4.78, 5) is 4.37. The molecule has 0 saturated heterocycles. The van der Waals surface area contributed by atoms with E-state index in [0.29, 0.717) is 5.92 Å². The zero-order valence-corrected chi connectivity index (χ0v) is 11.3. The topological polar surface area (TPSA) is 29.9 Å². The molecule has 0 radical (unpaired) electrons. The van der Waals surface area contributed by atoms with Crippen molar-refractivity contribution in [2.75, 3.05) is 6.54 Å². The Morgan fingerprint density at radius 3 is 2.56 bits per heavy atom. The van der Waals surface area contributed by atoms with Crippen LogP contribution in [-0.2, 0) is 7.05 Å². The SMILES string of the molecule is CC(CNC(C)c1nccn1C)c1ccccc1. The second-order valence-corrected chi connectivity index (χ2v) is 4.84. The predicted octanol–water partition coefficient (Wildman–Crippen LogP) is 2.87. The summed E-state index contributed by atoms with van der Waals surface area (Å²) in [6.45, 7) is 5.35. The summed E-state index contributed by atoms with van der Waals surface area (Å²) in [6.07, 6.45) is 3.82. The smallest absolute Gasteiger partial charge is 0.125 e. The van der Waals surface area contributed by atoms with Crippen molar-refractivity contribution >= 4 is 0 Å². The zero-order valence-electron chi connectivity index (χ0n) is 11.3. The molecule has 0 fully saturated rings. The molecule has 1 heterocycles. The quantitative estimate of drug-likeness (QED) is 0.875. The monoisotopic (exact) mass is 243 g/mol. The zero-order chi connectivity index (χ0) is 13.0. The third-order valence-corrected chi connectivity index (χ3v) is 3.34. The number of hydrogen-bond acceptors (Lipinski definition) is 2. The molecule has 2 unspecified atom stereocenters. The van der Waals surface area contributed by atoms with Crippen LogP contribution in [-0.4, -0.2) is 16.1 Å². The second kappa shape index (κ2) is 5.83. The van der Waals surface area contributed by atoms with Crippen molar-refractivity contribution in [2.45, 2.75) is 25.8 Å². The highest BCUT2D eigenvalue weighted by molar-refractivity contribution is 5.19. The third-order valence-electron chi connectivity index (χ3n) is 3.34. The van der Waals surface area contributed by atoms with Crippen LogP contribution in [0.5, 0.6) is 0 Å². The van der Waals surface area contributed by atoms with Crippen LogP contribution in [0.25, 0.3) is 0 Å². The maximum Gasteiger partial charge on any atom is 0.125 e. The van der Waals surface area contributed by atoms with E-state index in [9.17, 15) is 0 Å². The van der Waals surface area contributed by atoms with Gasteiger partial charge in [0.2, 0.25) is 0 Å². The first kappa shape index (κ1) is 12.8. The van der Waals surface area contributed by atoms with Crippen LogP contribution in [0.15, 0.2) is 42.7 Å². The van der Waals surface area contributed by atoms with E-state index in [1.807, 2.05) is 19.4 Å². The van der Waals surface area contributed by atoms with Crippen LogP contribution in [0.3, 0.4) is 0 Å². The van der Waals surface area contributed by atoms with E-state index in [0.717, 1.165) is 12.4 Å². The highest BCUT2D eigenvalue weighted by atomic mass is 15.1. The molecule has 2 aromatic rings. The van der Waals surface area contributed by atoms with E-state index in [2.05, 4.69) is 59.0 Å². The van der Waals surface area contributed by atoms with Gasteiger partial charge in [-0.15, -0.1) is 0 Å². The van der Waals surface area contributed by atoms with Crippen LogP contribution in [0.1, 0.15) is 37.2 Å². The fourth-order valence-electron chi connectivity index (χ4n) is 2.14.